The van der Waals surface area contributed by atoms with Gasteiger partial charge in [-0.25, -0.2) is 0 Å². The summed E-state index contributed by atoms with van der Waals surface area (Å²) >= 11 is 0. The van der Waals surface area contributed by atoms with E-state index in [0.29, 0.717) is 0 Å². The quantitative estimate of drug-likeness (QED) is 0.283. The van der Waals surface area contributed by atoms with Crippen molar-refractivity contribution in [3.63, 3.8) is 0 Å². The molecule has 0 saturated heterocycles. The van der Waals surface area contributed by atoms with E-state index in [9.17, 15) is 4.79 Å². The molecule has 0 radical (unpaired) electrons. The Morgan fingerprint density at radius 2 is 0.714 bits per heavy atom. The molecule has 0 N–H and O–H groups in total. The second-order valence-corrected chi connectivity index (χ2v) is 5.93. The van der Waals surface area contributed by atoms with Crippen LogP contribution in [0.3, 0.4) is 0 Å². The van der Waals surface area contributed by atoms with Gasteiger partial charge in [-0.1, -0.05) is 97.1 Å². The first-order valence-corrected chi connectivity index (χ1v) is 8.99. The molecule has 0 amide bonds. The number of carbonyl (C=O) groups excluding carboxylic acids is 1. The maximum Gasteiger partial charge on any atom is 0.193 e. The molecule has 0 bridgehead atoms. The molecule has 0 aliphatic rings. The van der Waals surface area contributed by atoms with Crippen molar-refractivity contribution in [2.24, 2.45) is 10.2 Å². The summed E-state index contributed by atoms with van der Waals surface area (Å²) in [6.45, 7) is 0. The average Bonchev–Trinajstić information content (AvgIpc) is 2.80. The first-order valence-electron chi connectivity index (χ1n) is 8.99. The number of nitrogens with zero attached hydrogens (tertiary/aromatic N) is 2. The van der Waals surface area contributed by atoms with Gasteiger partial charge in [0.1, 0.15) is 0 Å². The molecular weight excluding hydrogens is 344 g/mol. The number of carbonyl (C=O) groups is 1. The SMILES string of the molecule is O=C(c1ccccc1)c1ccccc1.c1ccc(N=Nc2ccccc2)cc1. The van der Waals surface area contributed by atoms with Gasteiger partial charge < -0.3 is 0 Å². The van der Waals surface area contributed by atoms with E-state index < -0.39 is 0 Å². The fraction of sp³-hybridized carbons (Fsp3) is 0. The van der Waals surface area contributed by atoms with Gasteiger partial charge in [0.05, 0.1) is 11.4 Å². The van der Waals surface area contributed by atoms with E-state index in [4.69, 9.17) is 0 Å². The van der Waals surface area contributed by atoms with Crippen molar-refractivity contribution in [3.8, 4) is 0 Å². The van der Waals surface area contributed by atoms with E-state index in [1.54, 1.807) is 0 Å². The first-order chi connectivity index (χ1) is 13.8. The summed E-state index contributed by atoms with van der Waals surface area (Å²) in [5.74, 6) is 0.0752. The van der Waals surface area contributed by atoms with Crippen LogP contribution in [0.2, 0.25) is 0 Å². The molecule has 4 aromatic rings. The lowest BCUT2D eigenvalue weighted by molar-refractivity contribution is 0.103. The van der Waals surface area contributed by atoms with Crippen molar-refractivity contribution in [2.75, 3.05) is 0 Å². The van der Waals surface area contributed by atoms with Crippen LogP contribution in [0.4, 0.5) is 11.4 Å². The standard InChI is InChI=1S/C13H10O.C12H10N2/c14-13(11-7-3-1-4-8-11)12-9-5-2-6-10-12;1-3-7-11(8-4-1)13-14-12-9-5-2-6-10-12/h2*1-10H. The van der Waals surface area contributed by atoms with Gasteiger partial charge in [0, 0.05) is 11.1 Å². The molecule has 0 saturated carbocycles. The van der Waals surface area contributed by atoms with Gasteiger partial charge >= 0.3 is 0 Å². The van der Waals surface area contributed by atoms with Crippen LogP contribution in [-0.2, 0) is 0 Å². The summed E-state index contributed by atoms with van der Waals surface area (Å²) in [5, 5.41) is 8.20. The molecule has 0 heterocycles. The molecule has 0 fully saturated rings. The number of hydrogen-bond acceptors (Lipinski definition) is 3. The number of azo groups is 1. The number of hydrogen-bond donors (Lipinski definition) is 0. The zero-order chi connectivity index (χ0) is 19.4. The van der Waals surface area contributed by atoms with Crippen molar-refractivity contribution in [1.29, 1.82) is 0 Å². The Bertz CT molecular complexity index is 916. The maximum atomic E-state index is 11.8. The smallest absolute Gasteiger partial charge is 0.193 e. The number of benzene rings is 4. The van der Waals surface area contributed by atoms with Crippen molar-refractivity contribution in [3.05, 3.63) is 132 Å². The maximum absolute atomic E-state index is 11.8. The minimum absolute atomic E-state index is 0.0752. The minimum atomic E-state index is 0.0752. The zero-order valence-corrected chi connectivity index (χ0v) is 15.3. The molecule has 0 aromatic heterocycles. The summed E-state index contributed by atoms with van der Waals surface area (Å²) in [6, 6.07) is 38.0. The lowest BCUT2D eigenvalue weighted by atomic mass is 10.0. The second-order valence-electron chi connectivity index (χ2n) is 5.93. The third-order valence-electron chi connectivity index (χ3n) is 3.87. The normalized spacial score (nSPS) is 10.1. The Kier molecular flexibility index (Phi) is 6.99. The molecule has 0 aliphatic carbocycles. The summed E-state index contributed by atoms with van der Waals surface area (Å²) in [7, 11) is 0. The topological polar surface area (TPSA) is 41.8 Å². The van der Waals surface area contributed by atoms with Gasteiger partial charge in [0.15, 0.2) is 5.78 Å². The van der Waals surface area contributed by atoms with E-state index in [2.05, 4.69) is 10.2 Å². The molecule has 0 aliphatic heterocycles. The van der Waals surface area contributed by atoms with Crippen molar-refractivity contribution in [2.45, 2.75) is 0 Å². The molecule has 3 heteroatoms. The van der Waals surface area contributed by atoms with Crippen molar-refractivity contribution >= 4 is 17.2 Å². The Morgan fingerprint density at radius 1 is 0.429 bits per heavy atom. The molecule has 28 heavy (non-hydrogen) atoms. The van der Waals surface area contributed by atoms with Crippen LogP contribution in [0, 0.1) is 0 Å². The third kappa shape index (κ3) is 5.85. The highest BCUT2D eigenvalue weighted by molar-refractivity contribution is 6.08. The predicted molar refractivity (Wildman–Crippen MR) is 113 cm³/mol. The van der Waals surface area contributed by atoms with Crippen LogP contribution < -0.4 is 0 Å². The average molecular weight is 364 g/mol. The summed E-state index contributed by atoms with van der Waals surface area (Å²) in [6.07, 6.45) is 0. The van der Waals surface area contributed by atoms with E-state index in [0.717, 1.165) is 22.5 Å². The lowest BCUT2D eigenvalue weighted by Crippen LogP contribution is -1.99. The highest BCUT2D eigenvalue weighted by atomic mass is 16.1. The highest BCUT2D eigenvalue weighted by Gasteiger charge is 2.06. The molecule has 3 nitrogen and oxygen atoms in total. The van der Waals surface area contributed by atoms with Gasteiger partial charge in [0.25, 0.3) is 0 Å². The second kappa shape index (κ2) is 10.3. The Labute approximate surface area is 165 Å². The van der Waals surface area contributed by atoms with Crippen LogP contribution in [-0.4, -0.2) is 5.78 Å². The van der Waals surface area contributed by atoms with E-state index in [1.807, 2.05) is 121 Å². The van der Waals surface area contributed by atoms with Crippen molar-refractivity contribution < 1.29 is 4.79 Å². The predicted octanol–water partition coefficient (Wildman–Crippen LogP) is 7.02. The molecule has 0 spiro atoms. The van der Waals surface area contributed by atoms with E-state index in [-0.39, 0.29) is 5.78 Å². The van der Waals surface area contributed by atoms with Gasteiger partial charge in [-0.15, -0.1) is 0 Å². The van der Waals surface area contributed by atoms with Crippen LogP contribution >= 0.6 is 0 Å². The Morgan fingerprint density at radius 3 is 1.04 bits per heavy atom. The lowest BCUT2D eigenvalue weighted by Gasteiger charge is -1.99. The number of ketones is 1. The summed E-state index contributed by atoms with van der Waals surface area (Å²) in [5.41, 5.74) is 3.21. The van der Waals surface area contributed by atoms with Gasteiger partial charge in [-0.3, -0.25) is 4.79 Å². The van der Waals surface area contributed by atoms with Crippen LogP contribution in [0.15, 0.2) is 132 Å². The molecule has 136 valence electrons. The van der Waals surface area contributed by atoms with E-state index >= 15 is 0 Å². The fourth-order valence-electron chi connectivity index (χ4n) is 2.45. The summed E-state index contributed by atoms with van der Waals surface area (Å²) < 4.78 is 0. The monoisotopic (exact) mass is 364 g/mol. The first kappa shape index (κ1) is 18.9. The molecule has 0 unspecified atom stereocenters. The van der Waals surface area contributed by atoms with Gasteiger partial charge in [-0.05, 0) is 24.3 Å². The largest absolute Gasteiger partial charge is 0.289 e. The van der Waals surface area contributed by atoms with Gasteiger partial charge in [0.2, 0.25) is 0 Å². The highest BCUT2D eigenvalue weighted by Crippen LogP contribution is 2.16. The van der Waals surface area contributed by atoms with E-state index in [1.165, 1.54) is 0 Å². The van der Waals surface area contributed by atoms with Crippen LogP contribution in [0.25, 0.3) is 0 Å². The van der Waals surface area contributed by atoms with Gasteiger partial charge in [-0.2, -0.15) is 10.2 Å². The minimum Gasteiger partial charge on any atom is -0.289 e. The Balaban J connectivity index is 0.000000161. The molecule has 4 rings (SSSR count). The van der Waals surface area contributed by atoms with Crippen molar-refractivity contribution in [1.82, 2.24) is 0 Å². The molecule has 0 atom stereocenters. The molecular formula is C25H20N2O. The zero-order valence-electron chi connectivity index (χ0n) is 15.3. The van der Waals surface area contributed by atoms with Crippen LogP contribution in [0.5, 0.6) is 0 Å². The Hall–Kier alpha value is -3.85. The number of rotatable bonds is 4. The molecule has 4 aromatic carbocycles. The summed E-state index contributed by atoms with van der Waals surface area (Å²) in [4.78, 5) is 11.8. The third-order valence-corrected chi connectivity index (χ3v) is 3.87. The fourth-order valence-corrected chi connectivity index (χ4v) is 2.45. The van der Waals surface area contributed by atoms with Crippen LogP contribution in [0.1, 0.15) is 15.9 Å².